The third-order valence-electron chi connectivity index (χ3n) is 2.35. The molecule has 0 saturated carbocycles. The van der Waals surface area contributed by atoms with Gasteiger partial charge in [-0.25, -0.2) is 9.37 Å². The van der Waals surface area contributed by atoms with E-state index in [-0.39, 0.29) is 5.91 Å². The van der Waals surface area contributed by atoms with E-state index in [1.807, 2.05) is 0 Å². The second kappa shape index (κ2) is 5.79. The molecular weight excluding hydrogens is 315 g/mol. The number of aromatic nitrogens is 1. The van der Waals surface area contributed by atoms with E-state index in [1.54, 1.807) is 12.1 Å². The van der Waals surface area contributed by atoms with Gasteiger partial charge in [-0.05, 0) is 34.1 Å². The predicted octanol–water partition coefficient (Wildman–Crippen LogP) is 3.24. The highest BCUT2D eigenvalue weighted by atomic mass is 79.9. The number of carbonyl (C=O) groups is 1. The van der Waals surface area contributed by atoms with Crippen LogP contribution in [0.1, 0.15) is 10.4 Å². The monoisotopic (exact) mass is 324 g/mol. The van der Waals surface area contributed by atoms with Gasteiger partial charge in [-0.3, -0.25) is 4.79 Å². The minimum atomic E-state index is -0.483. The highest BCUT2D eigenvalue weighted by molar-refractivity contribution is 9.10. The Morgan fingerprint density at radius 3 is 2.79 bits per heavy atom. The number of hydrogen-bond acceptors (Lipinski definition) is 3. The zero-order chi connectivity index (χ0) is 13.8. The summed E-state index contributed by atoms with van der Waals surface area (Å²) in [6.07, 6.45) is 1.43. The van der Waals surface area contributed by atoms with E-state index in [4.69, 9.17) is 4.74 Å². The Hall–Kier alpha value is -1.95. The lowest BCUT2D eigenvalue weighted by Gasteiger charge is -2.07. The highest BCUT2D eigenvalue weighted by Gasteiger charge is 2.08. The van der Waals surface area contributed by atoms with Gasteiger partial charge < -0.3 is 10.1 Å². The third kappa shape index (κ3) is 3.51. The van der Waals surface area contributed by atoms with Gasteiger partial charge in [-0.1, -0.05) is 0 Å². The zero-order valence-electron chi connectivity index (χ0n) is 9.98. The first-order valence-corrected chi connectivity index (χ1v) is 6.15. The Kier molecular flexibility index (Phi) is 4.11. The van der Waals surface area contributed by atoms with Crippen LogP contribution in [0.5, 0.6) is 5.75 Å². The fraction of sp³-hybridized carbons (Fsp3) is 0.0769. The SMILES string of the molecule is COc1cc(F)cc(NC(=O)c2ccc(Br)nc2)c1. The van der Waals surface area contributed by atoms with Crippen molar-refractivity contribution in [3.8, 4) is 5.75 Å². The molecule has 0 bridgehead atoms. The van der Waals surface area contributed by atoms with Crippen LogP contribution >= 0.6 is 15.9 Å². The van der Waals surface area contributed by atoms with Gasteiger partial charge >= 0.3 is 0 Å². The first-order chi connectivity index (χ1) is 9.08. The maximum Gasteiger partial charge on any atom is 0.257 e. The van der Waals surface area contributed by atoms with Crippen LogP contribution in [0.3, 0.4) is 0 Å². The summed E-state index contributed by atoms with van der Waals surface area (Å²) in [6.45, 7) is 0. The molecule has 0 aliphatic rings. The van der Waals surface area contributed by atoms with Crippen LogP contribution in [0, 0.1) is 5.82 Å². The fourth-order valence-electron chi connectivity index (χ4n) is 1.47. The molecule has 6 heteroatoms. The topological polar surface area (TPSA) is 51.2 Å². The Morgan fingerprint density at radius 2 is 2.16 bits per heavy atom. The fourth-order valence-corrected chi connectivity index (χ4v) is 1.70. The summed E-state index contributed by atoms with van der Waals surface area (Å²) in [5, 5.41) is 2.58. The van der Waals surface area contributed by atoms with Crippen molar-refractivity contribution in [3.63, 3.8) is 0 Å². The van der Waals surface area contributed by atoms with Gasteiger partial charge in [0.25, 0.3) is 5.91 Å². The van der Waals surface area contributed by atoms with Crippen molar-refractivity contribution in [2.24, 2.45) is 0 Å². The third-order valence-corrected chi connectivity index (χ3v) is 2.82. The van der Waals surface area contributed by atoms with E-state index in [9.17, 15) is 9.18 Å². The van der Waals surface area contributed by atoms with Crippen molar-refractivity contribution in [3.05, 3.63) is 52.5 Å². The quantitative estimate of drug-likeness (QED) is 0.882. The Balaban J connectivity index is 2.18. The summed E-state index contributed by atoms with van der Waals surface area (Å²) >= 11 is 3.18. The molecule has 2 aromatic rings. The lowest BCUT2D eigenvalue weighted by atomic mass is 10.2. The average Bonchev–Trinajstić information content (AvgIpc) is 2.38. The minimum absolute atomic E-state index is 0.324. The van der Waals surface area contributed by atoms with Crippen molar-refractivity contribution in [2.75, 3.05) is 12.4 Å². The largest absolute Gasteiger partial charge is 0.497 e. The number of halogens is 2. The van der Waals surface area contributed by atoms with Crippen LogP contribution in [-0.4, -0.2) is 18.0 Å². The molecule has 1 N–H and O–H groups in total. The van der Waals surface area contributed by atoms with Crippen LogP contribution in [0.15, 0.2) is 41.1 Å². The van der Waals surface area contributed by atoms with Gasteiger partial charge in [0.2, 0.25) is 0 Å². The van der Waals surface area contributed by atoms with E-state index in [1.165, 1.54) is 31.5 Å². The molecule has 0 unspecified atom stereocenters. The number of amides is 1. The number of nitrogens with one attached hydrogen (secondary N) is 1. The second-order valence-corrected chi connectivity index (χ2v) is 4.52. The summed E-state index contributed by atoms with van der Waals surface area (Å²) in [4.78, 5) is 15.9. The molecule has 0 atom stereocenters. The average molecular weight is 325 g/mol. The number of anilines is 1. The lowest BCUT2D eigenvalue weighted by Crippen LogP contribution is -2.12. The number of ether oxygens (including phenoxy) is 1. The highest BCUT2D eigenvalue weighted by Crippen LogP contribution is 2.20. The van der Waals surface area contributed by atoms with Gasteiger partial charge in [0.1, 0.15) is 16.2 Å². The normalized spacial score (nSPS) is 10.1. The lowest BCUT2D eigenvalue weighted by molar-refractivity contribution is 0.102. The number of carbonyl (C=O) groups excluding carboxylic acids is 1. The molecular formula is C13H10BrFN2O2. The van der Waals surface area contributed by atoms with Crippen LogP contribution in [0.25, 0.3) is 0 Å². The molecule has 1 heterocycles. The van der Waals surface area contributed by atoms with E-state index >= 15 is 0 Å². The van der Waals surface area contributed by atoms with Gasteiger partial charge in [0.15, 0.2) is 0 Å². The van der Waals surface area contributed by atoms with Crippen molar-refractivity contribution in [1.82, 2.24) is 4.98 Å². The van der Waals surface area contributed by atoms with Crippen LogP contribution in [0.2, 0.25) is 0 Å². The van der Waals surface area contributed by atoms with Gasteiger partial charge in [-0.15, -0.1) is 0 Å². The maximum absolute atomic E-state index is 13.3. The molecule has 0 aliphatic carbocycles. The molecule has 0 aliphatic heterocycles. The van der Waals surface area contributed by atoms with E-state index < -0.39 is 5.82 Å². The summed E-state index contributed by atoms with van der Waals surface area (Å²) in [7, 11) is 1.43. The molecule has 19 heavy (non-hydrogen) atoms. The minimum Gasteiger partial charge on any atom is -0.497 e. The van der Waals surface area contributed by atoms with Crippen LogP contribution in [-0.2, 0) is 0 Å². The van der Waals surface area contributed by atoms with Crippen molar-refractivity contribution >= 4 is 27.5 Å². The molecule has 98 valence electrons. The molecule has 2 rings (SSSR count). The maximum atomic E-state index is 13.3. The molecule has 0 saturated heterocycles. The summed E-state index contributed by atoms with van der Waals surface area (Å²) in [5.74, 6) is -0.513. The summed E-state index contributed by atoms with van der Waals surface area (Å²) < 4.78 is 18.8. The first-order valence-electron chi connectivity index (χ1n) is 5.36. The molecule has 0 radical (unpaired) electrons. The predicted molar refractivity (Wildman–Crippen MR) is 72.8 cm³/mol. The smallest absolute Gasteiger partial charge is 0.257 e. The Labute approximate surface area is 117 Å². The van der Waals surface area contributed by atoms with E-state index in [0.717, 1.165) is 0 Å². The molecule has 0 fully saturated rings. The first kappa shape index (κ1) is 13.5. The number of pyridine rings is 1. The molecule has 1 aromatic carbocycles. The molecule has 4 nitrogen and oxygen atoms in total. The van der Waals surface area contributed by atoms with E-state index in [0.29, 0.717) is 21.6 Å². The van der Waals surface area contributed by atoms with Crippen LogP contribution < -0.4 is 10.1 Å². The second-order valence-electron chi connectivity index (χ2n) is 3.70. The van der Waals surface area contributed by atoms with E-state index in [2.05, 4.69) is 26.2 Å². The Bertz CT molecular complexity index is 602. The van der Waals surface area contributed by atoms with Gasteiger partial charge in [0, 0.05) is 24.0 Å². The molecule has 0 spiro atoms. The number of benzene rings is 1. The van der Waals surface area contributed by atoms with Crippen LogP contribution in [0.4, 0.5) is 10.1 Å². The standard InChI is InChI=1S/C13H10BrFN2O2/c1-19-11-5-9(15)4-10(6-11)17-13(18)8-2-3-12(14)16-7-8/h2-7H,1H3,(H,17,18). The van der Waals surface area contributed by atoms with Crippen molar-refractivity contribution in [1.29, 1.82) is 0 Å². The van der Waals surface area contributed by atoms with Gasteiger partial charge in [0.05, 0.1) is 12.7 Å². The Morgan fingerprint density at radius 1 is 1.37 bits per heavy atom. The summed E-state index contributed by atoms with van der Waals surface area (Å²) in [5.41, 5.74) is 0.705. The molecule has 1 aromatic heterocycles. The number of hydrogen-bond donors (Lipinski definition) is 1. The van der Waals surface area contributed by atoms with Crippen molar-refractivity contribution < 1.29 is 13.9 Å². The van der Waals surface area contributed by atoms with Crippen molar-refractivity contribution in [2.45, 2.75) is 0 Å². The number of methoxy groups -OCH3 is 1. The van der Waals surface area contributed by atoms with Gasteiger partial charge in [-0.2, -0.15) is 0 Å². The zero-order valence-corrected chi connectivity index (χ0v) is 11.6. The molecule has 1 amide bonds. The summed E-state index contributed by atoms with van der Waals surface area (Å²) in [6, 6.07) is 7.25. The number of rotatable bonds is 3. The number of nitrogens with zero attached hydrogens (tertiary/aromatic N) is 1.